The largest absolute Gasteiger partial charge is 0.123 e. The molecule has 3 aliphatic carbocycles. The van der Waals surface area contributed by atoms with Crippen LogP contribution in [0.2, 0.25) is 0 Å². The molecule has 0 aromatic heterocycles. The van der Waals surface area contributed by atoms with Gasteiger partial charge >= 0.3 is 0 Å². The van der Waals surface area contributed by atoms with Gasteiger partial charge in [0, 0.05) is 5.38 Å². The number of hydrogen-bond donors (Lipinski definition) is 0. The summed E-state index contributed by atoms with van der Waals surface area (Å²) in [6.45, 7) is 7.13. The molecule has 0 N–H and O–H groups in total. The highest BCUT2D eigenvalue weighted by Gasteiger charge is 2.55. The molecular formula is C10H17Cl. The molecule has 4 atom stereocenters. The van der Waals surface area contributed by atoms with Gasteiger partial charge < -0.3 is 0 Å². The van der Waals surface area contributed by atoms with Crippen LogP contribution in [0.3, 0.4) is 0 Å². The lowest BCUT2D eigenvalue weighted by molar-refractivity contribution is -0.0962. The van der Waals surface area contributed by atoms with E-state index in [9.17, 15) is 0 Å². The molecule has 64 valence electrons. The van der Waals surface area contributed by atoms with Crippen molar-refractivity contribution < 1.29 is 0 Å². The average Bonchev–Trinajstić information content (AvgIpc) is 1.93. The number of rotatable bonds is 0. The third kappa shape index (κ3) is 0.884. The van der Waals surface area contributed by atoms with Crippen molar-refractivity contribution in [3.05, 3.63) is 0 Å². The molecule has 11 heavy (non-hydrogen) atoms. The Morgan fingerprint density at radius 2 is 1.91 bits per heavy atom. The Labute approximate surface area is 74.3 Å². The zero-order valence-corrected chi connectivity index (χ0v) is 8.36. The van der Waals surface area contributed by atoms with Gasteiger partial charge in [-0.3, -0.25) is 0 Å². The van der Waals surface area contributed by atoms with Crippen LogP contribution in [0.1, 0.15) is 33.6 Å². The van der Waals surface area contributed by atoms with Crippen molar-refractivity contribution in [3.8, 4) is 0 Å². The Morgan fingerprint density at radius 3 is 2.27 bits per heavy atom. The van der Waals surface area contributed by atoms with E-state index in [1.54, 1.807) is 0 Å². The fourth-order valence-corrected chi connectivity index (χ4v) is 3.48. The van der Waals surface area contributed by atoms with Gasteiger partial charge in [0.25, 0.3) is 0 Å². The first-order valence-electron chi connectivity index (χ1n) is 4.67. The van der Waals surface area contributed by atoms with E-state index in [-0.39, 0.29) is 0 Å². The smallest absolute Gasteiger partial charge is 0.0367 e. The van der Waals surface area contributed by atoms with Crippen LogP contribution >= 0.6 is 11.6 Å². The summed E-state index contributed by atoms with van der Waals surface area (Å²) in [4.78, 5) is 0. The fraction of sp³-hybridized carbons (Fsp3) is 1.00. The van der Waals surface area contributed by atoms with Crippen LogP contribution in [-0.4, -0.2) is 5.38 Å². The molecular weight excluding hydrogens is 156 g/mol. The summed E-state index contributed by atoms with van der Waals surface area (Å²) in [5, 5.41) is 0.465. The van der Waals surface area contributed by atoms with Gasteiger partial charge in [0.15, 0.2) is 0 Å². The quantitative estimate of drug-likeness (QED) is 0.492. The van der Waals surface area contributed by atoms with Gasteiger partial charge in [0.05, 0.1) is 0 Å². The SMILES string of the molecule is C[C@H]1C(Cl)C[C@@H]2C[C@H]1C2(C)C. The van der Waals surface area contributed by atoms with Crippen molar-refractivity contribution in [1.82, 2.24) is 0 Å². The van der Waals surface area contributed by atoms with Crippen molar-refractivity contribution in [2.24, 2.45) is 23.2 Å². The molecule has 3 saturated carbocycles. The maximum atomic E-state index is 6.22. The second-order valence-electron chi connectivity index (χ2n) is 4.97. The summed E-state index contributed by atoms with van der Waals surface area (Å²) < 4.78 is 0. The lowest BCUT2D eigenvalue weighted by Gasteiger charge is -2.61. The second-order valence-corrected chi connectivity index (χ2v) is 5.53. The topological polar surface area (TPSA) is 0 Å². The Morgan fingerprint density at radius 1 is 1.27 bits per heavy atom. The molecule has 0 nitrogen and oxygen atoms in total. The maximum absolute atomic E-state index is 6.22. The average molecular weight is 173 g/mol. The van der Waals surface area contributed by atoms with Gasteiger partial charge in [-0.25, -0.2) is 0 Å². The molecule has 0 aliphatic heterocycles. The standard InChI is InChI=1S/C10H17Cl/c1-6-8-4-7(5-9(6)11)10(8,2)3/h6-9H,4-5H2,1-3H3/t6-,7+,8-,9?/m1/s1. The molecule has 0 radical (unpaired) electrons. The van der Waals surface area contributed by atoms with E-state index in [4.69, 9.17) is 11.6 Å². The molecule has 2 bridgehead atoms. The van der Waals surface area contributed by atoms with E-state index in [0.29, 0.717) is 10.8 Å². The van der Waals surface area contributed by atoms with E-state index in [1.165, 1.54) is 12.8 Å². The summed E-state index contributed by atoms with van der Waals surface area (Å²) in [5.41, 5.74) is 0.602. The van der Waals surface area contributed by atoms with E-state index < -0.39 is 0 Å². The monoisotopic (exact) mass is 172 g/mol. The molecule has 3 rings (SSSR count). The molecule has 0 spiro atoms. The number of halogens is 1. The van der Waals surface area contributed by atoms with Crippen molar-refractivity contribution in [2.75, 3.05) is 0 Å². The van der Waals surface area contributed by atoms with Gasteiger partial charge in [0.2, 0.25) is 0 Å². The van der Waals surface area contributed by atoms with Crippen molar-refractivity contribution in [3.63, 3.8) is 0 Å². The Bertz CT molecular complexity index is 174. The first kappa shape index (κ1) is 7.91. The molecule has 0 heterocycles. The molecule has 3 aliphatic rings. The summed E-state index contributed by atoms with van der Waals surface area (Å²) >= 11 is 6.22. The minimum atomic E-state index is 0.465. The summed E-state index contributed by atoms with van der Waals surface area (Å²) in [6.07, 6.45) is 2.70. The molecule has 1 unspecified atom stereocenters. The van der Waals surface area contributed by atoms with Crippen molar-refractivity contribution in [2.45, 2.75) is 39.0 Å². The summed E-state index contributed by atoms with van der Waals surface area (Å²) in [7, 11) is 0. The highest BCUT2D eigenvalue weighted by molar-refractivity contribution is 6.20. The third-order valence-electron chi connectivity index (χ3n) is 4.26. The van der Waals surface area contributed by atoms with E-state index in [2.05, 4.69) is 20.8 Å². The Kier molecular flexibility index (Phi) is 1.55. The van der Waals surface area contributed by atoms with Gasteiger partial charge in [-0.15, -0.1) is 11.6 Å². The molecule has 1 heteroatoms. The van der Waals surface area contributed by atoms with E-state index >= 15 is 0 Å². The highest BCUT2D eigenvalue weighted by atomic mass is 35.5. The van der Waals surface area contributed by atoms with Crippen LogP contribution < -0.4 is 0 Å². The molecule has 0 amide bonds. The minimum absolute atomic E-state index is 0.465. The maximum Gasteiger partial charge on any atom is 0.0367 e. The molecule has 0 saturated heterocycles. The van der Waals surface area contributed by atoms with Crippen LogP contribution in [0.5, 0.6) is 0 Å². The van der Waals surface area contributed by atoms with Crippen LogP contribution in [0.15, 0.2) is 0 Å². The molecule has 0 aromatic rings. The van der Waals surface area contributed by atoms with Crippen LogP contribution in [-0.2, 0) is 0 Å². The summed E-state index contributed by atoms with van der Waals surface area (Å²) in [5.74, 6) is 2.58. The van der Waals surface area contributed by atoms with Gasteiger partial charge in [-0.1, -0.05) is 20.8 Å². The fourth-order valence-electron chi connectivity index (χ4n) is 3.09. The Hall–Kier alpha value is 0.290. The van der Waals surface area contributed by atoms with Crippen LogP contribution in [0.25, 0.3) is 0 Å². The zero-order valence-electron chi connectivity index (χ0n) is 7.60. The van der Waals surface area contributed by atoms with Crippen LogP contribution in [0, 0.1) is 23.2 Å². The number of hydrogen-bond acceptors (Lipinski definition) is 0. The highest BCUT2D eigenvalue weighted by Crippen LogP contribution is 2.62. The first-order valence-corrected chi connectivity index (χ1v) is 5.11. The zero-order chi connectivity index (χ0) is 8.22. The Balaban J connectivity index is 2.17. The van der Waals surface area contributed by atoms with E-state index in [1.807, 2.05) is 0 Å². The predicted molar refractivity (Wildman–Crippen MR) is 48.8 cm³/mol. The minimum Gasteiger partial charge on any atom is -0.123 e. The second kappa shape index (κ2) is 2.16. The van der Waals surface area contributed by atoms with Gasteiger partial charge in [0.1, 0.15) is 0 Å². The number of fused-ring (bicyclic) bond motifs is 2. The summed E-state index contributed by atoms with van der Waals surface area (Å²) in [6, 6.07) is 0. The normalized spacial score (nSPS) is 53.5. The van der Waals surface area contributed by atoms with Crippen molar-refractivity contribution >= 4 is 11.6 Å². The lowest BCUT2D eigenvalue weighted by atomic mass is 9.46. The van der Waals surface area contributed by atoms with Crippen molar-refractivity contribution in [1.29, 1.82) is 0 Å². The third-order valence-corrected chi connectivity index (χ3v) is 4.84. The predicted octanol–water partition coefficient (Wildman–Crippen LogP) is 3.30. The van der Waals surface area contributed by atoms with E-state index in [0.717, 1.165) is 17.8 Å². The number of alkyl halides is 1. The molecule has 3 fully saturated rings. The van der Waals surface area contributed by atoms with Gasteiger partial charge in [-0.2, -0.15) is 0 Å². The van der Waals surface area contributed by atoms with Crippen LogP contribution in [0.4, 0.5) is 0 Å². The van der Waals surface area contributed by atoms with Gasteiger partial charge in [-0.05, 0) is 36.0 Å². The first-order chi connectivity index (χ1) is 5.03. The molecule has 0 aromatic carbocycles. The lowest BCUT2D eigenvalue weighted by Crippen LogP contribution is -2.55.